The molecule has 0 atom stereocenters. The monoisotopic (exact) mass is 312 g/mol. The van der Waals surface area contributed by atoms with E-state index >= 15 is 0 Å². The molecule has 0 saturated carbocycles. The van der Waals surface area contributed by atoms with Crippen LogP contribution in [0.2, 0.25) is 0 Å². The molecule has 124 valence electrons. The number of ketones is 1. The van der Waals surface area contributed by atoms with Crippen molar-refractivity contribution in [2.75, 3.05) is 19.6 Å². The third-order valence-corrected chi connectivity index (χ3v) is 5.36. The quantitative estimate of drug-likeness (QED) is 0.623. The number of aromatic nitrogens is 1. The van der Waals surface area contributed by atoms with Crippen molar-refractivity contribution in [2.24, 2.45) is 5.41 Å². The number of fused-ring (bicyclic) bond motifs is 1. The van der Waals surface area contributed by atoms with E-state index in [0.717, 1.165) is 42.5 Å². The van der Waals surface area contributed by atoms with Crippen molar-refractivity contribution in [3.8, 4) is 0 Å². The molecule has 0 amide bonds. The molecule has 1 aliphatic rings. The Morgan fingerprint density at radius 1 is 1.22 bits per heavy atom. The van der Waals surface area contributed by atoms with E-state index in [1.807, 2.05) is 24.3 Å². The van der Waals surface area contributed by atoms with Gasteiger partial charge in [-0.15, -0.1) is 0 Å². The molecule has 1 aromatic heterocycles. The van der Waals surface area contributed by atoms with E-state index in [9.17, 15) is 4.79 Å². The fourth-order valence-electron chi connectivity index (χ4n) is 3.60. The Balaban J connectivity index is 1.65. The van der Waals surface area contributed by atoms with E-state index in [4.69, 9.17) is 0 Å². The molecule has 3 rings (SSSR count). The Hall–Kier alpha value is -1.61. The number of carbonyl (C=O) groups excluding carboxylic acids is 1. The van der Waals surface area contributed by atoms with E-state index < -0.39 is 0 Å². The van der Waals surface area contributed by atoms with Gasteiger partial charge in [0.05, 0.1) is 5.69 Å². The third kappa shape index (κ3) is 3.50. The van der Waals surface area contributed by atoms with Gasteiger partial charge in [0.1, 0.15) is 0 Å². The van der Waals surface area contributed by atoms with Crippen molar-refractivity contribution in [1.29, 1.82) is 0 Å². The van der Waals surface area contributed by atoms with E-state index in [2.05, 4.69) is 29.8 Å². The summed E-state index contributed by atoms with van der Waals surface area (Å²) in [6.45, 7) is 7.67. The zero-order valence-corrected chi connectivity index (χ0v) is 14.4. The third-order valence-electron chi connectivity index (χ3n) is 5.36. The lowest BCUT2D eigenvalue weighted by molar-refractivity contribution is 0.0638. The number of unbranched alkanes of at least 4 members (excludes halogenated alkanes) is 2. The minimum atomic E-state index is -0.220. The molecule has 1 saturated heterocycles. The van der Waals surface area contributed by atoms with Gasteiger partial charge in [-0.25, -0.2) is 0 Å². The highest BCUT2D eigenvalue weighted by molar-refractivity contribution is 6.02. The molecule has 0 spiro atoms. The first-order chi connectivity index (χ1) is 11.1. The van der Waals surface area contributed by atoms with Gasteiger partial charge in [0.15, 0.2) is 5.78 Å². The molecule has 3 nitrogen and oxygen atoms in total. The maximum atomic E-state index is 13.0. The first-order valence-corrected chi connectivity index (χ1v) is 8.97. The number of piperidine rings is 1. The van der Waals surface area contributed by atoms with Gasteiger partial charge in [0.25, 0.3) is 0 Å². The van der Waals surface area contributed by atoms with Crippen LogP contribution >= 0.6 is 0 Å². The van der Waals surface area contributed by atoms with Crippen molar-refractivity contribution in [2.45, 2.75) is 46.0 Å². The summed E-state index contributed by atoms with van der Waals surface area (Å²) in [6, 6.07) is 10.1. The molecule has 1 fully saturated rings. The average molecular weight is 312 g/mol. The van der Waals surface area contributed by atoms with Crippen LogP contribution in [0.3, 0.4) is 0 Å². The average Bonchev–Trinajstić information content (AvgIpc) is 3.00. The van der Waals surface area contributed by atoms with E-state index in [1.54, 1.807) is 0 Å². The van der Waals surface area contributed by atoms with Crippen LogP contribution < -0.4 is 0 Å². The molecule has 23 heavy (non-hydrogen) atoms. The Morgan fingerprint density at radius 2 is 1.96 bits per heavy atom. The molecule has 3 heteroatoms. The van der Waals surface area contributed by atoms with Crippen LogP contribution in [0.25, 0.3) is 10.9 Å². The molecular formula is C20H28N2O. The zero-order valence-electron chi connectivity index (χ0n) is 14.4. The van der Waals surface area contributed by atoms with Gasteiger partial charge in [0.2, 0.25) is 0 Å². The zero-order chi connectivity index (χ0) is 16.3. The van der Waals surface area contributed by atoms with Gasteiger partial charge in [-0.2, -0.15) is 0 Å². The van der Waals surface area contributed by atoms with Crippen LogP contribution in [-0.4, -0.2) is 35.3 Å². The van der Waals surface area contributed by atoms with Gasteiger partial charge in [-0.1, -0.05) is 44.9 Å². The smallest absolute Gasteiger partial charge is 0.184 e. The molecule has 1 aromatic carbocycles. The van der Waals surface area contributed by atoms with Gasteiger partial charge < -0.3 is 9.88 Å². The number of carbonyl (C=O) groups is 1. The van der Waals surface area contributed by atoms with Gasteiger partial charge in [-0.05, 0) is 51.0 Å². The highest BCUT2D eigenvalue weighted by atomic mass is 16.1. The summed E-state index contributed by atoms with van der Waals surface area (Å²) in [5, 5.41) is 1.12. The summed E-state index contributed by atoms with van der Waals surface area (Å²) in [5.74, 6) is 0.280. The minimum Gasteiger partial charge on any atom is -0.352 e. The highest BCUT2D eigenvalue weighted by Gasteiger charge is 2.37. The summed E-state index contributed by atoms with van der Waals surface area (Å²) in [6.07, 6.45) is 5.79. The second-order valence-electron chi connectivity index (χ2n) is 7.21. The highest BCUT2D eigenvalue weighted by Crippen LogP contribution is 2.35. The summed E-state index contributed by atoms with van der Waals surface area (Å²) >= 11 is 0. The van der Waals surface area contributed by atoms with Crippen LogP contribution in [0.1, 0.15) is 56.4 Å². The predicted molar refractivity (Wildman–Crippen MR) is 95.9 cm³/mol. The van der Waals surface area contributed by atoms with Crippen LogP contribution in [0, 0.1) is 5.41 Å². The Labute approximate surface area is 139 Å². The SMILES string of the molecule is CCCCCN1CCC(C)(C(=O)c2cc3ccccc3[nH]2)CC1. The van der Waals surface area contributed by atoms with Crippen molar-refractivity contribution >= 4 is 16.7 Å². The first kappa shape index (κ1) is 16.3. The number of nitrogens with zero attached hydrogens (tertiary/aromatic N) is 1. The molecule has 2 heterocycles. The molecule has 2 aromatic rings. The molecular weight excluding hydrogens is 284 g/mol. The topological polar surface area (TPSA) is 36.1 Å². The molecule has 0 bridgehead atoms. The molecule has 0 unspecified atom stereocenters. The lowest BCUT2D eigenvalue weighted by atomic mass is 9.75. The summed E-state index contributed by atoms with van der Waals surface area (Å²) in [5.41, 5.74) is 1.60. The predicted octanol–water partition coefficient (Wildman–Crippen LogP) is 4.64. The Bertz CT molecular complexity index is 632. The van der Waals surface area contributed by atoms with Gasteiger partial charge >= 0.3 is 0 Å². The van der Waals surface area contributed by atoms with Crippen LogP contribution in [0.15, 0.2) is 30.3 Å². The number of benzene rings is 1. The van der Waals surface area contributed by atoms with E-state index in [-0.39, 0.29) is 11.2 Å². The number of nitrogens with one attached hydrogen (secondary N) is 1. The second-order valence-corrected chi connectivity index (χ2v) is 7.21. The number of likely N-dealkylation sites (tertiary alicyclic amines) is 1. The molecule has 1 aliphatic heterocycles. The lowest BCUT2D eigenvalue weighted by Gasteiger charge is -2.38. The standard InChI is InChI=1S/C20H28N2O/c1-3-4-7-12-22-13-10-20(2,11-14-22)19(23)18-15-16-8-5-6-9-17(16)21-18/h5-6,8-9,15,21H,3-4,7,10-14H2,1-2H3. The summed E-state index contributed by atoms with van der Waals surface area (Å²) < 4.78 is 0. The molecule has 0 aliphatic carbocycles. The maximum Gasteiger partial charge on any atom is 0.184 e. The van der Waals surface area contributed by atoms with Gasteiger partial charge in [-0.3, -0.25) is 4.79 Å². The molecule has 1 N–H and O–H groups in total. The van der Waals surface area contributed by atoms with Crippen molar-refractivity contribution in [3.63, 3.8) is 0 Å². The lowest BCUT2D eigenvalue weighted by Crippen LogP contribution is -2.43. The second kappa shape index (κ2) is 6.88. The van der Waals surface area contributed by atoms with Crippen LogP contribution in [0.5, 0.6) is 0 Å². The van der Waals surface area contributed by atoms with Crippen LogP contribution in [-0.2, 0) is 0 Å². The largest absolute Gasteiger partial charge is 0.352 e. The number of hydrogen-bond acceptors (Lipinski definition) is 2. The number of hydrogen-bond donors (Lipinski definition) is 1. The van der Waals surface area contributed by atoms with Crippen molar-refractivity contribution < 1.29 is 4.79 Å². The summed E-state index contributed by atoms with van der Waals surface area (Å²) in [7, 11) is 0. The fourth-order valence-corrected chi connectivity index (χ4v) is 3.60. The minimum absolute atomic E-state index is 0.220. The molecule has 0 radical (unpaired) electrons. The Kier molecular flexibility index (Phi) is 4.86. The number of Topliss-reactive ketones (excluding diaryl/α,β-unsaturated/α-hetero) is 1. The maximum absolute atomic E-state index is 13.0. The number of aromatic amines is 1. The van der Waals surface area contributed by atoms with Crippen molar-refractivity contribution in [3.05, 3.63) is 36.0 Å². The summed E-state index contributed by atoms with van der Waals surface area (Å²) in [4.78, 5) is 18.8. The number of rotatable bonds is 6. The van der Waals surface area contributed by atoms with Crippen molar-refractivity contribution in [1.82, 2.24) is 9.88 Å². The van der Waals surface area contributed by atoms with Crippen LogP contribution in [0.4, 0.5) is 0 Å². The van der Waals surface area contributed by atoms with E-state index in [0.29, 0.717) is 0 Å². The fraction of sp³-hybridized carbons (Fsp3) is 0.550. The normalized spacial score (nSPS) is 18.3. The van der Waals surface area contributed by atoms with E-state index in [1.165, 1.54) is 25.8 Å². The first-order valence-electron chi connectivity index (χ1n) is 8.97. The number of para-hydroxylation sites is 1. The number of H-pyrrole nitrogens is 1. The Morgan fingerprint density at radius 3 is 2.65 bits per heavy atom. The van der Waals surface area contributed by atoms with Gasteiger partial charge in [0, 0.05) is 16.3 Å².